The van der Waals surface area contributed by atoms with Crippen LogP contribution in [-0.4, -0.2) is 31.1 Å². The lowest BCUT2D eigenvalue weighted by molar-refractivity contribution is 0.355. The molecule has 0 atom stereocenters. The molecule has 1 aromatic heterocycles. The Morgan fingerprint density at radius 1 is 1.17 bits per heavy atom. The summed E-state index contributed by atoms with van der Waals surface area (Å²) >= 11 is 0. The summed E-state index contributed by atoms with van der Waals surface area (Å²) in [6.07, 6.45) is 1.77. The average molecular weight is 248 g/mol. The Labute approximate surface area is 106 Å². The Morgan fingerprint density at radius 2 is 1.83 bits per heavy atom. The van der Waals surface area contributed by atoms with Crippen LogP contribution in [0.5, 0.6) is 17.4 Å². The first kappa shape index (κ1) is 12.3. The van der Waals surface area contributed by atoms with Gasteiger partial charge in [-0.2, -0.15) is 5.10 Å². The van der Waals surface area contributed by atoms with Gasteiger partial charge in [0, 0.05) is 6.07 Å². The van der Waals surface area contributed by atoms with Gasteiger partial charge < -0.3 is 14.2 Å². The molecule has 2 aromatic rings. The largest absolute Gasteiger partial charge is 0.493 e. The molecule has 5 heteroatoms. The summed E-state index contributed by atoms with van der Waals surface area (Å²) in [7, 11) is 4.82. The van der Waals surface area contributed by atoms with Crippen LogP contribution >= 0.6 is 0 Å². The van der Waals surface area contributed by atoms with Crippen LogP contribution in [0.15, 0.2) is 24.8 Å². The van der Waals surface area contributed by atoms with Crippen molar-refractivity contribution in [1.29, 1.82) is 0 Å². The van der Waals surface area contributed by atoms with Crippen molar-refractivity contribution in [3.63, 3.8) is 0 Å². The lowest BCUT2D eigenvalue weighted by atomic mass is 10.2. The minimum atomic E-state index is 0.586. The number of aromatic nitrogens is 2. The highest BCUT2D eigenvalue weighted by Crippen LogP contribution is 2.36. The predicted octanol–water partition coefficient (Wildman–Crippen LogP) is 2.25. The highest BCUT2D eigenvalue weighted by atomic mass is 16.5. The molecule has 96 valence electrons. The highest BCUT2D eigenvalue weighted by molar-refractivity contribution is 5.87. The predicted molar refractivity (Wildman–Crippen MR) is 69.6 cm³/mol. The molecule has 2 rings (SSSR count). The number of allylic oxidation sites excluding steroid dienone is 1. The topological polar surface area (TPSA) is 45.5 Å². The van der Waals surface area contributed by atoms with Gasteiger partial charge in [0.1, 0.15) is 5.52 Å². The standard InChI is InChI=1S/C13H16N2O3/c1-5-6-15-13(18-4)9-7-11(16-2)12(17-3)8-10(9)14-15/h5,7-8H,1,6H2,2-4H3. The number of rotatable bonds is 5. The number of ether oxygens (including phenoxy) is 3. The first-order valence-electron chi connectivity index (χ1n) is 5.52. The smallest absolute Gasteiger partial charge is 0.220 e. The van der Waals surface area contributed by atoms with E-state index in [9.17, 15) is 0 Å². The van der Waals surface area contributed by atoms with Crippen LogP contribution in [0.25, 0.3) is 10.9 Å². The third kappa shape index (κ3) is 1.88. The van der Waals surface area contributed by atoms with Crippen LogP contribution < -0.4 is 14.2 Å². The molecule has 0 aliphatic heterocycles. The molecule has 0 spiro atoms. The summed E-state index contributed by atoms with van der Waals surface area (Å²) in [5.41, 5.74) is 0.798. The summed E-state index contributed by atoms with van der Waals surface area (Å²) in [6, 6.07) is 3.69. The number of nitrogens with zero attached hydrogens (tertiary/aromatic N) is 2. The SMILES string of the molecule is C=CCn1nc2cc(OC)c(OC)cc2c1OC. The van der Waals surface area contributed by atoms with Gasteiger partial charge in [0.2, 0.25) is 5.88 Å². The van der Waals surface area contributed by atoms with Crippen molar-refractivity contribution < 1.29 is 14.2 Å². The van der Waals surface area contributed by atoms with Gasteiger partial charge in [-0.1, -0.05) is 6.08 Å². The zero-order valence-corrected chi connectivity index (χ0v) is 10.8. The van der Waals surface area contributed by atoms with Crippen molar-refractivity contribution in [2.24, 2.45) is 0 Å². The van der Waals surface area contributed by atoms with Crippen LogP contribution in [0.1, 0.15) is 0 Å². The molecule has 18 heavy (non-hydrogen) atoms. The van der Waals surface area contributed by atoms with E-state index in [0.29, 0.717) is 23.9 Å². The van der Waals surface area contributed by atoms with Gasteiger partial charge in [-0.25, -0.2) is 4.68 Å². The second-order valence-electron chi connectivity index (χ2n) is 3.70. The molecular weight excluding hydrogens is 232 g/mol. The van der Waals surface area contributed by atoms with Crippen LogP contribution in [0, 0.1) is 0 Å². The third-order valence-electron chi connectivity index (χ3n) is 2.69. The van der Waals surface area contributed by atoms with Gasteiger partial charge in [-0.15, -0.1) is 6.58 Å². The lowest BCUT2D eigenvalue weighted by Crippen LogP contribution is -2.00. The van der Waals surface area contributed by atoms with E-state index in [1.165, 1.54) is 0 Å². The van der Waals surface area contributed by atoms with Crippen LogP contribution in [0.2, 0.25) is 0 Å². The summed E-state index contributed by atoms with van der Waals surface area (Å²) < 4.78 is 17.7. The number of benzene rings is 1. The molecule has 1 aromatic carbocycles. The summed E-state index contributed by atoms with van der Waals surface area (Å²) in [5, 5.41) is 5.33. The van der Waals surface area contributed by atoms with E-state index in [1.807, 2.05) is 12.1 Å². The first-order chi connectivity index (χ1) is 8.74. The summed E-state index contributed by atoms with van der Waals surface area (Å²) in [6.45, 7) is 4.29. The lowest BCUT2D eigenvalue weighted by Gasteiger charge is -2.07. The van der Waals surface area contributed by atoms with Crippen molar-refractivity contribution >= 4 is 10.9 Å². The molecule has 0 aliphatic rings. The molecule has 0 fully saturated rings. The molecule has 0 saturated heterocycles. The van der Waals surface area contributed by atoms with E-state index in [2.05, 4.69) is 11.7 Å². The van der Waals surface area contributed by atoms with E-state index < -0.39 is 0 Å². The van der Waals surface area contributed by atoms with Gasteiger partial charge in [0.05, 0.1) is 33.3 Å². The number of fused-ring (bicyclic) bond motifs is 1. The molecule has 0 aliphatic carbocycles. The van der Waals surface area contributed by atoms with Crippen molar-refractivity contribution in [3.8, 4) is 17.4 Å². The Kier molecular flexibility index (Phi) is 3.41. The van der Waals surface area contributed by atoms with Crippen LogP contribution in [-0.2, 0) is 6.54 Å². The molecule has 0 N–H and O–H groups in total. The fourth-order valence-electron chi connectivity index (χ4n) is 1.90. The van der Waals surface area contributed by atoms with Crippen molar-refractivity contribution in [3.05, 3.63) is 24.8 Å². The first-order valence-corrected chi connectivity index (χ1v) is 5.52. The molecule has 0 saturated carbocycles. The van der Waals surface area contributed by atoms with Gasteiger partial charge in [-0.3, -0.25) is 0 Å². The summed E-state index contributed by atoms with van der Waals surface area (Å²) in [4.78, 5) is 0. The molecule has 1 heterocycles. The molecular formula is C13H16N2O3. The Morgan fingerprint density at radius 3 is 2.39 bits per heavy atom. The van der Waals surface area contributed by atoms with E-state index in [1.54, 1.807) is 32.1 Å². The van der Waals surface area contributed by atoms with E-state index >= 15 is 0 Å². The molecule has 0 amide bonds. The van der Waals surface area contributed by atoms with E-state index in [0.717, 1.165) is 10.9 Å². The maximum absolute atomic E-state index is 5.38. The van der Waals surface area contributed by atoms with E-state index in [4.69, 9.17) is 14.2 Å². The molecule has 5 nitrogen and oxygen atoms in total. The van der Waals surface area contributed by atoms with E-state index in [-0.39, 0.29) is 0 Å². The maximum atomic E-state index is 5.38. The third-order valence-corrected chi connectivity index (χ3v) is 2.69. The average Bonchev–Trinajstić information content (AvgIpc) is 2.73. The number of hydrogen-bond donors (Lipinski definition) is 0. The molecule has 0 unspecified atom stereocenters. The van der Waals surface area contributed by atoms with Gasteiger partial charge in [0.25, 0.3) is 0 Å². The normalized spacial score (nSPS) is 10.4. The molecule has 0 bridgehead atoms. The Balaban J connectivity index is 2.68. The maximum Gasteiger partial charge on any atom is 0.220 e. The quantitative estimate of drug-likeness (QED) is 0.761. The second-order valence-corrected chi connectivity index (χ2v) is 3.70. The summed E-state index contributed by atoms with van der Waals surface area (Å²) in [5.74, 6) is 1.99. The zero-order chi connectivity index (χ0) is 13.1. The minimum absolute atomic E-state index is 0.586. The second kappa shape index (κ2) is 5.00. The number of hydrogen-bond acceptors (Lipinski definition) is 4. The van der Waals surface area contributed by atoms with Gasteiger partial charge >= 0.3 is 0 Å². The van der Waals surface area contributed by atoms with Crippen LogP contribution in [0.4, 0.5) is 0 Å². The van der Waals surface area contributed by atoms with Crippen molar-refractivity contribution in [2.75, 3.05) is 21.3 Å². The minimum Gasteiger partial charge on any atom is -0.493 e. The van der Waals surface area contributed by atoms with Crippen LogP contribution in [0.3, 0.4) is 0 Å². The fraction of sp³-hybridized carbons (Fsp3) is 0.308. The highest BCUT2D eigenvalue weighted by Gasteiger charge is 2.15. The Hall–Kier alpha value is -2.17. The zero-order valence-electron chi connectivity index (χ0n) is 10.8. The van der Waals surface area contributed by atoms with Crippen molar-refractivity contribution in [1.82, 2.24) is 9.78 Å². The Bertz CT molecular complexity index is 575. The number of methoxy groups -OCH3 is 3. The van der Waals surface area contributed by atoms with Crippen molar-refractivity contribution in [2.45, 2.75) is 6.54 Å². The van der Waals surface area contributed by atoms with Gasteiger partial charge in [-0.05, 0) is 6.07 Å². The van der Waals surface area contributed by atoms with Gasteiger partial charge in [0.15, 0.2) is 11.5 Å². The fourth-order valence-corrected chi connectivity index (χ4v) is 1.90. The monoisotopic (exact) mass is 248 g/mol. The molecule has 0 radical (unpaired) electrons.